The summed E-state index contributed by atoms with van der Waals surface area (Å²) in [5.41, 5.74) is 1.66. The van der Waals surface area contributed by atoms with Crippen LogP contribution in [0.1, 0.15) is 22.9 Å². The summed E-state index contributed by atoms with van der Waals surface area (Å²) in [7, 11) is 2.88. The molecule has 0 aliphatic carbocycles. The minimum atomic E-state index is -0.972. The van der Waals surface area contributed by atoms with Crippen molar-refractivity contribution < 1.29 is 24.2 Å². The fraction of sp³-hybridized carbons (Fsp3) is 0.160. The molecule has 33 heavy (non-hydrogen) atoms. The molecule has 0 saturated carbocycles. The monoisotopic (exact) mass is 464 g/mol. The normalized spacial score (nSPS) is 17.3. The summed E-state index contributed by atoms with van der Waals surface area (Å²) < 4.78 is 10.8. The van der Waals surface area contributed by atoms with Crippen molar-refractivity contribution in [3.05, 3.63) is 88.2 Å². The topological polar surface area (TPSA) is 89.0 Å². The van der Waals surface area contributed by atoms with Gasteiger partial charge in [-0.3, -0.25) is 19.5 Å². The average molecular weight is 465 g/mol. The fourth-order valence-electron chi connectivity index (χ4n) is 4.01. The minimum absolute atomic E-state index is 0.115. The van der Waals surface area contributed by atoms with Gasteiger partial charge in [-0.2, -0.15) is 0 Å². The van der Waals surface area contributed by atoms with Gasteiger partial charge in [-0.05, 0) is 55.0 Å². The Balaban J connectivity index is 2.02. The molecule has 1 fully saturated rings. The van der Waals surface area contributed by atoms with Crippen LogP contribution >= 0.6 is 11.6 Å². The van der Waals surface area contributed by atoms with Crippen molar-refractivity contribution in [2.75, 3.05) is 19.1 Å². The van der Waals surface area contributed by atoms with Crippen LogP contribution in [0.2, 0.25) is 5.02 Å². The Hall–Kier alpha value is -3.84. The number of hydrogen-bond donors (Lipinski definition) is 1. The number of carbonyl (C=O) groups excluding carboxylic acids is 2. The van der Waals surface area contributed by atoms with E-state index in [1.807, 2.05) is 0 Å². The molecular formula is C25H21ClN2O5. The van der Waals surface area contributed by atoms with Gasteiger partial charge in [0.15, 0.2) is 0 Å². The van der Waals surface area contributed by atoms with Gasteiger partial charge < -0.3 is 14.6 Å². The molecule has 3 aromatic rings. The lowest BCUT2D eigenvalue weighted by Crippen LogP contribution is -2.30. The maximum Gasteiger partial charge on any atom is 0.300 e. The van der Waals surface area contributed by atoms with Crippen LogP contribution in [0.25, 0.3) is 5.76 Å². The van der Waals surface area contributed by atoms with Gasteiger partial charge >= 0.3 is 0 Å². The van der Waals surface area contributed by atoms with Gasteiger partial charge in [-0.15, -0.1) is 0 Å². The van der Waals surface area contributed by atoms with Crippen molar-refractivity contribution in [1.29, 1.82) is 0 Å². The van der Waals surface area contributed by atoms with Crippen LogP contribution < -0.4 is 14.4 Å². The van der Waals surface area contributed by atoms with E-state index in [0.29, 0.717) is 33.5 Å². The molecular weight excluding hydrogens is 444 g/mol. The number of anilines is 1. The molecule has 1 unspecified atom stereocenters. The highest BCUT2D eigenvalue weighted by molar-refractivity contribution is 6.52. The van der Waals surface area contributed by atoms with Crippen molar-refractivity contribution in [1.82, 2.24) is 4.98 Å². The molecule has 0 radical (unpaired) electrons. The Bertz CT molecular complexity index is 1250. The van der Waals surface area contributed by atoms with E-state index >= 15 is 0 Å². The number of carbonyl (C=O) groups is 2. The van der Waals surface area contributed by atoms with Crippen LogP contribution in [0.3, 0.4) is 0 Å². The van der Waals surface area contributed by atoms with Crippen LogP contribution in [0.15, 0.2) is 66.4 Å². The van der Waals surface area contributed by atoms with Crippen LogP contribution in [0.4, 0.5) is 5.69 Å². The summed E-state index contributed by atoms with van der Waals surface area (Å²) >= 11 is 6.11. The van der Waals surface area contributed by atoms with Crippen LogP contribution in [0.5, 0.6) is 11.5 Å². The molecule has 2 heterocycles. The van der Waals surface area contributed by atoms with Gasteiger partial charge in [-0.1, -0.05) is 23.7 Å². The van der Waals surface area contributed by atoms with Gasteiger partial charge in [0.25, 0.3) is 11.7 Å². The Morgan fingerprint density at radius 3 is 2.30 bits per heavy atom. The highest BCUT2D eigenvalue weighted by atomic mass is 35.5. The van der Waals surface area contributed by atoms with E-state index in [1.54, 1.807) is 67.7 Å². The van der Waals surface area contributed by atoms with Crippen LogP contribution in [0, 0.1) is 6.92 Å². The van der Waals surface area contributed by atoms with Gasteiger partial charge in [0.1, 0.15) is 28.9 Å². The Morgan fingerprint density at radius 1 is 1.03 bits per heavy atom. The minimum Gasteiger partial charge on any atom is -0.506 e. The fourth-order valence-corrected chi connectivity index (χ4v) is 4.23. The highest BCUT2D eigenvalue weighted by Gasteiger charge is 2.48. The predicted molar refractivity (Wildman–Crippen MR) is 125 cm³/mol. The smallest absolute Gasteiger partial charge is 0.300 e. The third-order valence-corrected chi connectivity index (χ3v) is 5.73. The van der Waals surface area contributed by atoms with Crippen molar-refractivity contribution >= 4 is 34.7 Å². The molecule has 1 aromatic heterocycles. The first-order valence-corrected chi connectivity index (χ1v) is 10.5. The van der Waals surface area contributed by atoms with E-state index < -0.39 is 23.5 Å². The summed E-state index contributed by atoms with van der Waals surface area (Å²) in [6.07, 6.45) is 1.56. The predicted octanol–water partition coefficient (Wildman–Crippen LogP) is 4.69. The van der Waals surface area contributed by atoms with Crippen molar-refractivity contribution in [3.63, 3.8) is 0 Å². The molecule has 0 spiro atoms. The van der Waals surface area contributed by atoms with E-state index in [2.05, 4.69) is 4.98 Å². The number of aliphatic hydroxyl groups is 1. The number of rotatable bonds is 5. The lowest BCUT2D eigenvalue weighted by Gasteiger charge is -2.26. The zero-order chi connectivity index (χ0) is 23.7. The molecule has 1 aliphatic heterocycles. The van der Waals surface area contributed by atoms with Crippen LogP contribution in [-0.2, 0) is 9.59 Å². The van der Waals surface area contributed by atoms with E-state index in [9.17, 15) is 14.7 Å². The first-order chi connectivity index (χ1) is 15.9. The summed E-state index contributed by atoms with van der Waals surface area (Å²) in [6.45, 7) is 1.79. The number of hydrogen-bond acceptors (Lipinski definition) is 6. The number of benzene rings is 2. The zero-order valence-electron chi connectivity index (χ0n) is 18.2. The molecule has 2 aromatic carbocycles. The Kier molecular flexibility index (Phi) is 6.07. The first-order valence-electron chi connectivity index (χ1n) is 10.1. The van der Waals surface area contributed by atoms with Gasteiger partial charge in [0.2, 0.25) is 0 Å². The lowest BCUT2D eigenvalue weighted by molar-refractivity contribution is -0.132. The number of aryl methyl sites for hydroxylation is 1. The van der Waals surface area contributed by atoms with Gasteiger partial charge in [0, 0.05) is 16.9 Å². The first kappa shape index (κ1) is 22.4. The highest BCUT2D eigenvalue weighted by Crippen LogP contribution is 2.45. The second-order valence-corrected chi connectivity index (χ2v) is 7.83. The van der Waals surface area contributed by atoms with Crippen molar-refractivity contribution in [2.24, 2.45) is 0 Å². The van der Waals surface area contributed by atoms with E-state index in [1.165, 1.54) is 19.1 Å². The molecule has 1 saturated heterocycles. The standard InChI is InChI=1S/C25H21ClN2O5/c1-14-13-15(26)10-11-17(14)28-22(16-7-4-5-12-27-16)21(24(30)25(28)31)23(29)20-18(32-2)8-6-9-19(20)33-3/h4-13,22,29H,1-3H3/b23-21+. The number of halogens is 1. The number of methoxy groups -OCH3 is 2. The molecule has 168 valence electrons. The third-order valence-electron chi connectivity index (χ3n) is 5.50. The number of amides is 1. The molecule has 1 N–H and O–H groups in total. The maximum absolute atomic E-state index is 13.3. The van der Waals surface area contributed by atoms with Gasteiger partial charge in [-0.25, -0.2) is 0 Å². The number of aliphatic hydroxyl groups excluding tert-OH is 1. The number of Topliss-reactive ketones (excluding diaryl/α,β-unsaturated/α-hetero) is 1. The number of pyridine rings is 1. The maximum atomic E-state index is 13.3. The Morgan fingerprint density at radius 2 is 1.73 bits per heavy atom. The SMILES string of the molecule is COc1cccc(OC)c1/C(O)=C1\C(=O)C(=O)N(c2ccc(Cl)cc2C)C1c1ccccn1. The molecule has 1 amide bonds. The molecule has 1 atom stereocenters. The largest absolute Gasteiger partial charge is 0.506 e. The lowest BCUT2D eigenvalue weighted by atomic mass is 9.97. The quantitative estimate of drug-likeness (QED) is 0.335. The number of nitrogens with zero attached hydrogens (tertiary/aromatic N) is 2. The molecule has 1 aliphatic rings. The number of aromatic nitrogens is 1. The van der Waals surface area contributed by atoms with Gasteiger partial charge in [0.05, 0.1) is 25.5 Å². The van der Waals surface area contributed by atoms with Crippen LogP contribution in [-0.4, -0.2) is 36.0 Å². The molecule has 7 nitrogen and oxygen atoms in total. The van der Waals surface area contributed by atoms with E-state index in [-0.39, 0.29) is 11.1 Å². The average Bonchev–Trinajstić information content (AvgIpc) is 3.09. The van der Waals surface area contributed by atoms with Crippen molar-refractivity contribution in [2.45, 2.75) is 13.0 Å². The summed E-state index contributed by atoms with van der Waals surface area (Å²) in [6, 6.07) is 14.2. The molecule has 8 heteroatoms. The Labute approximate surface area is 195 Å². The third kappa shape index (κ3) is 3.81. The summed E-state index contributed by atoms with van der Waals surface area (Å²) in [5, 5.41) is 11.9. The summed E-state index contributed by atoms with van der Waals surface area (Å²) in [4.78, 5) is 32.3. The molecule has 0 bridgehead atoms. The number of ketones is 1. The van der Waals surface area contributed by atoms with E-state index in [4.69, 9.17) is 21.1 Å². The molecule has 4 rings (SSSR count). The zero-order valence-corrected chi connectivity index (χ0v) is 19.0. The number of ether oxygens (including phenoxy) is 2. The van der Waals surface area contributed by atoms with E-state index in [0.717, 1.165) is 0 Å². The summed E-state index contributed by atoms with van der Waals surface area (Å²) in [5.74, 6) is -1.45. The second kappa shape index (κ2) is 8.96. The second-order valence-electron chi connectivity index (χ2n) is 7.39. The van der Waals surface area contributed by atoms with Crippen molar-refractivity contribution in [3.8, 4) is 11.5 Å².